The van der Waals surface area contributed by atoms with E-state index in [-0.39, 0.29) is 18.6 Å². The number of hydrogen-bond donors (Lipinski definition) is 1. The molecule has 0 saturated heterocycles. The van der Waals surface area contributed by atoms with Crippen molar-refractivity contribution in [2.45, 2.75) is 26.4 Å². The molecular formula is C20H26N2O6. The molecule has 2 amide bonds. The van der Waals surface area contributed by atoms with Crippen LogP contribution < -0.4 is 14.8 Å². The molecule has 0 bridgehead atoms. The van der Waals surface area contributed by atoms with Crippen molar-refractivity contribution in [2.24, 2.45) is 0 Å². The van der Waals surface area contributed by atoms with Crippen LogP contribution >= 0.6 is 0 Å². The van der Waals surface area contributed by atoms with Crippen LogP contribution in [0.2, 0.25) is 0 Å². The third kappa shape index (κ3) is 6.00. The van der Waals surface area contributed by atoms with Gasteiger partial charge in [0, 0.05) is 37.7 Å². The summed E-state index contributed by atoms with van der Waals surface area (Å²) < 4.78 is 16.3. The predicted molar refractivity (Wildman–Crippen MR) is 103 cm³/mol. The molecule has 1 aromatic rings. The lowest BCUT2D eigenvalue weighted by molar-refractivity contribution is -0.144. The second-order valence-corrected chi connectivity index (χ2v) is 6.57. The summed E-state index contributed by atoms with van der Waals surface area (Å²) in [4.78, 5) is 36.3. The van der Waals surface area contributed by atoms with Crippen LogP contribution in [0.1, 0.15) is 25.0 Å². The molecule has 1 atom stereocenters. The molecule has 152 valence electrons. The lowest BCUT2D eigenvalue weighted by Gasteiger charge is -2.11. The molecule has 1 heterocycles. The fraction of sp³-hybridized carbons (Fsp3) is 0.450. The normalized spacial score (nSPS) is 14.9. The van der Waals surface area contributed by atoms with E-state index < -0.39 is 18.5 Å². The van der Waals surface area contributed by atoms with Crippen molar-refractivity contribution >= 4 is 23.9 Å². The van der Waals surface area contributed by atoms with Crippen LogP contribution in [0.15, 0.2) is 18.2 Å². The number of amides is 2. The maximum Gasteiger partial charge on any atom is 0.331 e. The first-order valence-corrected chi connectivity index (χ1v) is 9.08. The first kappa shape index (κ1) is 21.3. The Kier molecular flexibility index (Phi) is 7.43. The Morgan fingerprint density at radius 2 is 2.07 bits per heavy atom. The van der Waals surface area contributed by atoms with Crippen LogP contribution in [-0.2, 0) is 25.5 Å². The van der Waals surface area contributed by atoms with E-state index >= 15 is 0 Å². The van der Waals surface area contributed by atoms with Gasteiger partial charge in [0.25, 0.3) is 5.91 Å². The average Bonchev–Trinajstić information content (AvgIpc) is 3.01. The molecule has 0 fully saturated rings. The monoisotopic (exact) mass is 390 g/mol. The van der Waals surface area contributed by atoms with Gasteiger partial charge < -0.3 is 24.4 Å². The zero-order valence-electron chi connectivity index (χ0n) is 16.6. The van der Waals surface area contributed by atoms with Crippen molar-refractivity contribution in [3.05, 3.63) is 29.3 Å². The minimum absolute atomic E-state index is 0.103. The molecule has 1 N–H and O–H groups in total. The number of esters is 1. The van der Waals surface area contributed by atoms with Gasteiger partial charge in [0.05, 0.1) is 13.2 Å². The smallest absolute Gasteiger partial charge is 0.331 e. The van der Waals surface area contributed by atoms with Crippen LogP contribution in [0.4, 0.5) is 0 Å². The standard InChI is InChI=1S/C20H26N2O6/c1-5-26-16-10-15-8-13(2)28-17(15)9-14(16)6-7-20(25)27-12-18(23)21-11-19(24)22(3)4/h6-7,9-10,13H,5,8,11-12H2,1-4H3,(H,21,23)/b7-6+/t13-/m1/s1. The van der Waals surface area contributed by atoms with E-state index in [4.69, 9.17) is 14.2 Å². The quantitative estimate of drug-likeness (QED) is 0.529. The molecule has 8 heteroatoms. The highest BCUT2D eigenvalue weighted by molar-refractivity contribution is 5.90. The van der Waals surface area contributed by atoms with Gasteiger partial charge in [-0.3, -0.25) is 9.59 Å². The summed E-state index contributed by atoms with van der Waals surface area (Å²) >= 11 is 0. The van der Waals surface area contributed by atoms with Crippen molar-refractivity contribution in [1.82, 2.24) is 10.2 Å². The van der Waals surface area contributed by atoms with Gasteiger partial charge in [-0.05, 0) is 32.1 Å². The summed E-state index contributed by atoms with van der Waals surface area (Å²) in [5, 5.41) is 2.38. The SMILES string of the molecule is CCOc1cc2c(cc1/C=C/C(=O)OCC(=O)NCC(=O)N(C)C)O[C@H](C)C2. The Morgan fingerprint density at radius 3 is 2.75 bits per heavy atom. The second-order valence-electron chi connectivity index (χ2n) is 6.57. The number of benzene rings is 1. The Morgan fingerprint density at radius 1 is 1.32 bits per heavy atom. The molecule has 0 saturated carbocycles. The Bertz CT molecular complexity index is 772. The third-order valence-electron chi connectivity index (χ3n) is 4.01. The minimum atomic E-state index is -0.675. The first-order valence-electron chi connectivity index (χ1n) is 9.08. The van der Waals surface area contributed by atoms with Crippen molar-refractivity contribution < 1.29 is 28.6 Å². The molecule has 1 aliphatic rings. The average molecular weight is 390 g/mol. The van der Waals surface area contributed by atoms with Gasteiger partial charge in [-0.2, -0.15) is 0 Å². The van der Waals surface area contributed by atoms with Gasteiger partial charge in [0.2, 0.25) is 5.91 Å². The maximum absolute atomic E-state index is 11.9. The topological polar surface area (TPSA) is 94.2 Å². The van der Waals surface area contributed by atoms with Gasteiger partial charge in [-0.1, -0.05) is 0 Å². The molecule has 0 radical (unpaired) electrons. The minimum Gasteiger partial charge on any atom is -0.493 e. The number of fused-ring (bicyclic) bond motifs is 1. The van der Waals surface area contributed by atoms with Crippen LogP contribution in [-0.4, -0.2) is 62.6 Å². The van der Waals surface area contributed by atoms with Crippen LogP contribution in [0.3, 0.4) is 0 Å². The molecule has 1 aliphatic heterocycles. The number of nitrogens with zero attached hydrogens (tertiary/aromatic N) is 1. The largest absolute Gasteiger partial charge is 0.493 e. The molecule has 28 heavy (non-hydrogen) atoms. The van der Waals surface area contributed by atoms with Gasteiger partial charge >= 0.3 is 5.97 Å². The fourth-order valence-corrected chi connectivity index (χ4v) is 2.59. The third-order valence-corrected chi connectivity index (χ3v) is 4.01. The van der Waals surface area contributed by atoms with E-state index in [9.17, 15) is 14.4 Å². The number of carbonyl (C=O) groups is 3. The van der Waals surface area contributed by atoms with Crippen LogP contribution in [0, 0.1) is 0 Å². The highest BCUT2D eigenvalue weighted by atomic mass is 16.5. The lowest BCUT2D eigenvalue weighted by atomic mass is 10.1. The van der Waals surface area contributed by atoms with Crippen LogP contribution in [0.25, 0.3) is 6.08 Å². The number of carbonyl (C=O) groups excluding carboxylic acids is 3. The van der Waals surface area contributed by atoms with E-state index in [0.717, 1.165) is 17.7 Å². The highest BCUT2D eigenvalue weighted by Gasteiger charge is 2.21. The number of ether oxygens (including phenoxy) is 3. The molecule has 0 spiro atoms. The molecule has 1 aromatic carbocycles. The fourth-order valence-electron chi connectivity index (χ4n) is 2.59. The van der Waals surface area contributed by atoms with Gasteiger partial charge in [0.1, 0.15) is 17.6 Å². The Hall–Kier alpha value is -3.03. The Balaban J connectivity index is 1.92. The summed E-state index contributed by atoms with van der Waals surface area (Å²) in [6.45, 7) is 3.75. The van der Waals surface area contributed by atoms with Crippen molar-refractivity contribution in [3.63, 3.8) is 0 Å². The molecule has 0 unspecified atom stereocenters. The number of nitrogens with one attached hydrogen (secondary N) is 1. The van der Waals surface area contributed by atoms with E-state index in [2.05, 4.69) is 5.32 Å². The molecule has 0 aromatic heterocycles. The van der Waals surface area contributed by atoms with Crippen molar-refractivity contribution in [3.8, 4) is 11.5 Å². The summed E-state index contributed by atoms with van der Waals surface area (Å²) in [6, 6.07) is 3.75. The van der Waals surface area contributed by atoms with E-state index in [1.807, 2.05) is 26.0 Å². The Labute approximate surface area is 164 Å². The van der Waals surface area contributed by atoms with E-state index in [0.29, 0.717) is 17.9 Å². The van der Waals surface area contributed by atoms with E-state index in [1.54, 1.807) is 20.2 Å². The first-order chi connectivity index (χ1) is 13.3. The molecule has 8 nitrogen and oxygen atoms in total. The summed E-state index contributed by atoms with van der Waals surface area (Å²) in [5.41, 5.74) is 1.76. The zero-order valence-corrected chi connectivity index (χ0v) is 16.6. The molecular weight excluding hydrogens is 364 g/mol. The predicted octanol–water partition coefficient (Wildman–Crippen LogP) is 1.17. The van der Waals surface area contributed by atoms with E-state index in [1.165, 1.54) is 11.0 Å². The van der Waals surface area contributed by atoms with Crippen molar-refractivity contribution in [1.29, 1.82) is 0 Å². The van der Waals surface area contributed by atoms with Gasteiger partial charge in [-0.15, -0.1) is 0 Å². The van der Waals surface area contributed by atoms with Crippen molar-refractivity contribution in [2.75, 3.05) is 33.9 Å². The number of hydrogen-bond acceptors (Lipinski definition) is 6. The lowest BCUT2D eigenvalue weighted by Crippen LogP contribution is -2.38. The summed E-state index contributed by atoms with van der Waals surface area (Å²) in [7, 11) is 3.17. The van der Waals surface area contributed by atoms with Gasteiger partial charge in [0.15, 0.2) is 6.61 Å². The van der Waals surface area contributed by atoms with Gasteiger partial charge in [-0.25, -0.2) is 4.79 Å². The number of rotatable bonds is 8. The van der Waals surface area contributed by atoms with Crippen LogP contribution in [0.5, 0.6) is 11.5 Å². The molecule has 2 rings (SSSR count). The number of likely N-dealkylation sites (N-methyl/N-ethyl adjacent to an activating group) is 1. The maximum atomic E-state index is 11.9. The summed E-state index contributed by atoms with van der Waals surface area (Å²) in [5.74, 6) is -0.0498. The highest BCUT2D eigenvalue weighted by Crippen LogP contribution is 2.35. The summed E-state index contributed by atoms with van der Waals surface area (Å²) in [6.07, 6.45) is 3.70. The zero-order chi connectivity index (χ0) is 20.7. The molecule has 0 aliphatic carbocycles. The second kappa shape index (κ2) is 9.77.